The smallest absolute Gasteiger partial charge is 0.236 e. The van der Waals surface area contributed by atoms with E-state index in [0.29, 0.717) is 6.42 Å². The van der Waals surface area contributed by atoms with E-state index in [-0.39, 0.29) is 5.91 Å². The molecule has 1 amide bonds. The monoisotopic (exact) mass is 248 g/mol. The van der Waals surface area contributed by atoms with Crippen LogP contribution in [0.4, 0.5) is 0 Å². The second-order valence-electron chi connectivity index (χ2n) is 5.00. The van der Waals surface area contributed by atoms with Crippen molar-refractivity contribution < 1.29 is 4.79 Å². The molecular formula is C15H24N2O. The highest BCUT2D eigenvalue weighted by atomic mass is 16.2. The Morgan fingerprint density at radius 1 is 1.17 bits per heavy atom. The predicted molar refractivity (Wildman–Crippen MR) is 75.2 cm³/mol. The van der Waals surface area contributed by atoms with Gasteiger partial charge >= 0.3 is 0 Å². The van der Waals surface area contributed by atoms with E-state index < -0.39 is 0 Å². The summed E-state index contributed by atoms with van der Waals surface area (Å²) in [6, 6.07) is 4.38. The summed E-state index contributed by atoms with van der Waals surface area (Å²) in [7, 11) is 1.59. The molecule has 3 nitrogen and oxygen atoms in total. The highest BCUT2D eigenvalue weighted by Gasteiger charge is 2.06. The Kier molecular flexibility index (Phi) is 5.35. The number of hydrazine groups is 1. The fraction of sp³-hybridized carbons (Fsp3) is 0.533. The average Bonchev–Trinajstić information content (AvgIpc) is 2.33. The molecule has 0 aliphatic carbocycles. The van der Waals surface area contributed by atoms with Crippen LogP contribution >= 0.6 is 0 Å². The SMILES string of the molecule is Cc1ccc(CCCCC(=O)N(C)N)c(C)c1C. The molecule has 0 spiro atoms. The minimum Gasteiger partial charge on any atom is -0.284 e. The fourth-order valence-electron chi connectivity index (χ4n) is 2.05. The van der Waals surface area contributed by atoms with E-state index >= 15 is 0 Å². The Hall–Kier alpha value is -1.35. The third kappa shape index (κ3) is 3.84. The van der Waals surface area contributed by atoms with Gasteiger partial charge in [-0.05, 0) is 62.3 Å². The van der Waals surface area contributed by atoms with Crippen molar-refractivity contribution in [1.82, 2.24) is 5.01 Å². The van der Waals surface area contributed by atoms with Crippen LogP contribution in [-0.2, 0) is 11.2 Å². The maximum Gasteiger partial charge on any atom is 0.236 e. The molecule has 0 aromatic heterocycles. The summed E-state index contributed by atoms with van der Waals surface area (Å²) >= 11 is 0. The summed E-state index contributed by atoms with van der Waals surface area (Å²) in [4.78, 5) is 11.3. The van der Waals surface area contributed by atoms with Crippen LogP contribution < -0.4 is 5.84 Å². The van der Waals surface area contributed by atoms with Gasteiger partial charge in [-0.15, -0.1) is 0 Å². The molecule has 0 radical (unpaired) electrons. The van der Waals surface area contributed by atoms with Gasteiger partial charge in [-0.2, -0.15) is 0 Å². The van der Waals surface area contributed by atoms with Gasteiger partial charge in [0.15, 0.2) is 0 Å². The van der Waals surface area contributed by atoms with Crippen molar-refractivity contribution in [3.63, 3.8) is 0 Å². The quantitative estimate of drug-likeness (QED) is 0.377. The molecule has 0 saturated heterocycles. The topological polar surface area (TPSA) is 46.3 Å². The summed E-state index contributed by atoms with van der Waals surface area (Å²) in [5.74, 6) is 5.38. The Morgan fingerprint density at radius 3 is 2.44 bits per heavy atom. The van der Waals surface area contributed by atoms with Crippen LogP contribution in [-0.4, -0.2) is 18.0 Å². The standard InChI is InChI=1S/C15H24N2O/c1-11-9-10-14(13(3)12(11)2)7-5-6-8-15(18)17(4)16/h9-10H,5-8,16H2,1-4H3. The summed E-state index contributed by atoms with van der Waals surface area (Å²) in [5, 5.41) is 1.17. The van der Waals surface area contributed by atoms with E-state index in [2.05, 4.69) is 32.9 Å². The molecule has 0 atom stereocenters. The molecule has 100 valence electrons. The van der Waals surface area contributed by atoms with Crippen LogP contribution in [0.25, 0.3) is 0 Å². The highest BCUT2D eigenvalue weighted by Crippen LogP contribution is 2.19. The Labute approximate surface area is 110 Å². The van der Waals surface area contributed by atoms with Crippen molar-refractivity contribution in [3.8, 4) is 0 Å². The van der Waals surface area contributed by atoms with Crippen molar-refractivity contribution >= 4 is 5.91 Å². The third-order valence-electron chi connectivity index (χ3n) is 3.65. The van der Waals surface area contributed by atoms with E-state index in [0.717, 1.165) is 19.3 Å². The zero-order chi connectivity index (χ0) is 13.7. The van der Waals surface area contributed by atoms with Gasteiger partial charge in [-0.1, -0.05) is 12.1 Å². The number of aryl methyl sites for hydroxylation is 2. The average molecular weight is 248 g/mol. The number of rotatable bonds is 5. The lowest BCUT2D eigenvalue weighted by Crippen LogP contribution is -2.32. The number of benzene rings is 1. The highest BCUT2D eigenvalue weighted by molar-refractivity contribution is 5.75. The van der Waals surface area contributed by atoms with Crippen LogP contribution in [0.2, 0.25) is 0 Å². The van der Waals surface area contributed by atoms with Crippen molar-refractivity contribution in [2.45, 2.75) is 46.5 Å². The molecule has 0 aliphatic rings. The Morgan fingerprint density at radius 2 is 1.83 bits per heavy atom. The second-order valence-corrected chi connectivity index (χ2v) is 5.00. The molecule has 1 rings (SSSR count). The largest absolute Gasteiger partial charge is 0.284 e. The zero-order valence-corrected chi connectivity index (χ0v) is 11.9. The molecule has 0 aliphatic heterocycles. The third-order valence-corrected chi connectivity index (χ3v) is 3.65. The van der Waals surface area contributed by atoms with Gasteiger partial charge in [0, 0.05) is 13.5 Å². The molecular weight excluding hydrogens is 224 g/mol. The number of nitrogens with two attached hydrogens (primary N) is 1. The van der Waals surface area contributed by atoms with Crippen LogP contribution in [0.15, 0.2) is 12.1 Å². The summed E-state index contributed by atoms with van der Waals surface area (Å²) in [6.07, 6.45) is 3.50. The van der Waals surface area contributed by atoms with E-state index in [1.807, 2.05) is 0 Å². The molecule has 0 heterocycles. The molecule has 1 aromatic rings. The van der Waals surface area contributed by atoms with E-state index in [1.165, 1.54) is 27.3 Å². The van der Waals surface area contributed by atoms with Crippen LogP contribution in [0, 0.1) is 20.8 Å². The first-order valence-electron chi connectivity index (χ1n) is 6.50. The Balaban J connectivity index is 2.45. The van der Waals surface area contributed by atoms with Crippen LogP contribution in [0.1, 0.15) is 41.5 Å². The first-order valence-corrected chi connectivity index (χ1v) is 6.50. The number of carbonyl (C=O) groups excluding carboxylic acids is 1. The molecule has 1 aromatic carbocycles. The predicted octanol–water partition coefficient (Wildman–Crippen LogP) is 2.66. The minimum atomic E-state index is 0.00630. The lowest BCUT2D eigenvalue weighted by molar-refractivity contribution is -0.130. The van der Waals surface area contributed by atoms with Gasteiger partial charge < -0.3 is 0 Å². The van der Waals surface area contributed by atoms with E-state index in [1.54, 1.807) is 7.05 Å². The van der Waals surface area contributed by atoms with Crippen LogP contribution in [0.3, 0.4) is 0 Å². The number of amides is 1. The van der Waals surface area contributed by atoms with Gasteiger partial charge in [0.1, 0.15) is 0 Å². The molecule has 0 fully saturated rings. The summed E-state index contributed by atoms with van der Waals surface area (Å²) < 4.78 is 0. The van der Waals surface area contributed by atoms with E-state index in [9.17, 15) is 4.79 Å². The number of hydrogen-bond acceptors (Lipinski definition) is 2. The normalized spacial score (nSPS) is 10.5. The number of hydrogen-bond donors (Lipinski definition) is 1. The molecule has 18 heavy (non-hydrogen) atoms. The molecule has 2 N–H and O–H groups in total. The lowest BCUT2D eigenvalue weighted by atomic mass is 9.95. The molecule has 3 heteroatoms. The minimum absolute atomic E-state index is 0.00630. The zero-order valence-electron chi connectivity index (χ0n) is 11.9. The lowest BCUT2D eigenvalue weighted by Gasteiger charge is -2.12. The van der Waals surface area contributed by atoms with Gasteiger partial charge in [0.05, 0.1) is 0 Å². The van der Waals surface area contributed by atoms with Crippen molar-refractivity contribution in [3.05, 3.63) is 34.4 Å². The first-order chi connectivity index (χ1) is 8.43. The maximum absolute atomic E-state index is 11.3. The Bertz CT molecular complexity index is 425. The number of nitrogens with zero attached hydrogens (tertiary/aromatic N) is 1. The first kappa shape index (κ1) is 14.7. The van der Waals surface area contributed by atoms with Crippen molar-refractivity contribution in [2.24, 2.45) is 5.84 Å². The summed E-state index contributed by atoms with van der Waals surface area (Å²) in [6.45, 7) is 6.49. The van der Waals surface area contributed by atoms with E-state index in [4.69, 9.17) is 5.84 Å². The fourth-order valence-corrected chi connectivity index (χ4v) is 2.05. The van der Waals surface area contributed by atoms with Gasteiger partial charge in [0.25, 0.3) is 0 Å². The van der Waals surface area contributed by atoms with Crippen molar-refractivity contribution in [2.75, 3.05) is 7.05 Å². The summed E-state index contributed by atoms with van der Waals surface area (Å²) in [5.41, 5.74) is 5.50. The number of unbranched alkanes of at least 4 members (excludes halogenated alkanes) is 1. The van der Waals surface area contributed by atoms with Crippen molar-refractivity contribution in [1.29, 1.82) is 0 Å². The molecule has 0 saturated carbocycles. The van der Waals surface area contributed by atoms with Gasteiger partial charge in [-0.3, -0.25) is 9.80 Å². The maximum atomic E-state index is 11.3. The van der Waals surface area contributed by atoms with Gasteiger partial charge in [-0.25, -0.2) is 5.84 Å². The van der Waals surface area contributed by atoms with Crippen LogP contribution in [0.5, 0.6) is 0 Å². The second kappa shape index (κ2) is 6.55. The van der Waals surface area contributed by atoms with Gasteiger partial charge in [0.2, 0.25) is 5.91 Å². The molecule has 0 unspecified atom stereocenters. The number of carbonyl (C=O) groups is 1. The molecule has 0 bridgehead atoms.